The Morgan fingerprint density at radius 3 is 2.58 bits per heavy atom. The fourth-order valence-corrected chi connectivity index (χ4v) is 3.14. The number of amides is 1. The molecule has 2 aromatic carbocycles. The van der Waals surface area contributed by atoms with Crippen molar-refractivity contribution in [3.05, 3.63) is 54.1 Å². The van der Waals surface area contributed by atoms with Crippen LogP contribution in [0.4, 0.5) is 5.69 Å². The summed E-state index contributed by atoms with van der Waals surface area (Å²) >= 11 is 1.64. The first-order chi connectivity index (χ1) is 12.7. The van der Waals surface area contributed by atoms with Gasteiger partial charge >= 0.3 is 0 Å². The molecule has 1 amide bonds. The van der Waals surface area contributed by atoms with Crippen LogP contribution in [-0.4, -0.2) is 30.6 Å². The first kappa shape index (κ1) is 20.2. The van der Waals surface area contributed by atoms with Gasteiger partial charge in [-0.2, -0.15) is 11.8 Å². The van der Waals surface area contributed by atoms with Crippen molar-refractivity contribution in [2.24, 2.45) is 0 Å². The lowest BCUT2D eigenvalue weighted by molar-refractivity contribution is -0.113. The van der Waals surface area contributed by atoms with E-state index in [1.165, 1.54) is 5.56 Å². The van der Waals surface area contributed by atoms with Crippen LogP contribution in [0.15, 0.2) is 48.5 Å². The lowest BCUT2D eigenvalue weighted by Gasteiger charge is -2.11. The first-order valence-corrected chi connectivity index (χ1v) is 10.1. The van der Waals surface area contributed by atoms with Crippen LogP contribution >= 0.6 is 11.8 Å². The second kappa shape index (κ2) is 11.5. The lowest BCUT2D eigenvalue weighted by Crippen LogP contribution is -2.15. The Morgan fingerprint density at radius 1 is 1.04 bits per heavy atom. The second-order valence-electron chi connectivity index (χ2n) is 5.90. The van der Waals surface area contributed by atoms with Crippen LogP contribution in [0.5, 0.6) is 11.5 Å². The van der Waals surface area contributed by atoms with Crippen molar-refractivity contribution in [1.29, 1.82) is 0 Å². The van der Waals surface area contributed by atoms with E-state index in [1.54, 1.807) is 11.8 Å². The van der Waals surface area contributed by atoms with Gasteiger partial charge < -0.3 is 14.8 Å². The molecule has 0 spiro atoms. The maximum atomic E-state index is 12.1. The molecule has 2 aromatic rings. The van der Waals surface area contributed by atoms with Gasteiger partial charge in [0.2, 0.25) is 5.91 Å². The smallest absolute Gasteiger partial charge is 0.234 e. The third-order valence-electron chi connectivity index (χ3n) is 3.67. The van der Waals surface area contributed by atoms with Crippen molar-refractivity contribution in [3.63, 3.8) is 0 Å². The Balaban J connectivity index is 1.57. The number of hydrogen-bond donors (Lipinski definition) is 1. The number of carbonyl (C=O) groups is 1. The maximum absolute atomic E-state index is 12.1. The average Bonchev–Trinajstić information content (AvgIpc) is 2.64. The van der Waals surface area contributed by atoms with Gasteiger partial charge in [0.1, 0.15) is 11.5 Å². The number of para-hydroxylation sites is 2. The Labute approximate surface area is 160 Å². The van der Waals surface area contributed by atoms with Crippen LogP contribution in [-0.2, 0) is 4.79 Å². The Bertz CT molecular complexity index is 673. The zero-order valence-corrected chi connectivity index (χ0v) is 16.3. The number of nitrogens with one attached hydrogen (secondary N) is 1. The number of aryl methyl sites for hydroxylation is 1. The van der Waals surface area contributed by atoms with E-state index in [1.807, 2.05) is 55.5 Å². The zero-order chi connectivity index (χ0) is 18.6. The molecule has 26 heavy (non-hydrogen) atoms. The number of hydrogen-bond acceptors (Lipinski definition) is 4. The molecule has 0 unspecified atom stereocenters. The monoisotopic (exact) mass is 373 g/mol. The number of thioether (sulfide) groups is 1. The lowest BCUT2D eigenvalue weighted by atomic mass is 10.2. The molecule has 0 bridgehead atoms. The fraction of sp³-hybridized carbons (Fsp3) is 0.381. The maximum Gasteiger partial charge on any atom is 0.234 e. The molecule has 0 saturated carbocycles. The van der Waals surface area contributed by atoms with Crippen LogP contribution in [0.1, 0.15) is 25.3 Å². The highest BCUT2D eigenvalue weighted by molar-refractivity contribution is 7.99. The molecule has 0 heterocycles. The van der Waals surface area contributed by atoms with Gasteiger partial charge in [-0.05, 0) is 56.7 Å². The number of benzene rings is 2. The van der Waals surface area contributed by atoms with E-state index in [-0.39, 0.29) is 5.91 Å². The molecule has 0 aliphatic rings. The Hall–Kier alpha value is -2.14. The summed E-state index contributed by atoms with van der Waals surface area (Å²) in [7, 11) is 0. The minimum absolute atomic E-state index is 0.00180. The summed E-state index contributed by atoms with van der Waals surface area (Å²) in [5, 5.41) is 2.91. The highest BCUT2D eigenvalue weighted by Gasteiger charge is 2.07. The fourth-order valence-electron chi connectivity index (χ4n) is 2.33. The molecule has 0 aliphatic heterocycles. The van der Waals surface area contributed by atoms with Crippen molar-refractivity contribution in [3.8, 4) is 11.5 Å². The third-order valence-corrected chi connectivity index (χ3v) is 4.71. The normalized spacial score (nSPS) is 10.4. The SMILES string of the molecule is CCOc1ccccc1NC(=O)CSCCCCOc1ccc(C)cc1. The minimum Gasteiger partial charge on any atom is -0.494 e. The van der Waals surface area contributed by atoms with E-state index in [9.17, 15) is 4.79 Å². The molecule has 140 valence electrons. The summed E-state index contributed by atoms with van der Waals surface area (Å²) < 4.78 is 11.2. The number of rotatable bonds is 11. The topological polar surface area (TPSA) is 47.6 Å². The van der Waals surface area contributed by atoms with Crippen molar-refractivity contribution in [1.82, 2.24) is 0 Å². The number of ether oxygens (including phenoxy) is 2. The molecule has 0 saturated heterocycles. The predicted molar refractivity (Wildman–Crippen MR) is 109 cm³/mol. The summed E-state index contributed by atoms with van der Waals surface area (Å²) in [5.41, 5.74) is 1.96. The first-order valence-electron chi connectivity index (χ1n) is 8.98. The average molecular weight is 374 g/mol. The Morgan fingerprint density at radius 2 is 1.81 bits per heavy atom. The zero-order valence-electron chi connectivity index (χ0n) is 15.5. The third kappa shape index (κ3) is 7.40. The highest BCUT2D eigenvalue weighted by atomic mass is 32.2. The molecule has 0 aromatic heterocycles. The van der Waals surface area contributed by atoms with Gasteiger partial charge in [0, 0.05) is 0 Å². The molecule has 1 N–H and O–H groups in total. The van der Waals surface area contributed by atoms with E-state index in [2.05, 4.69) is 12.2 Å². The second-order valence-corrected chi connectivity index (χ2v) is 7.00. The van der Waals surface area contributed by atoms with Crippen LogP contribution in [0.2, 0.25) is 0 Å². The van der Waals surface area contributed by atoms with Gasteiger partial charge in [-0.15, -0.1) is 0 Å². The molecule has 4 nitrogen and oxygen atoms in total. The van der Waals surface area contributed by atoms with Crippen molar-refractivity contribution in [2.75, 3.05) is 30.0 Å². The summed E-state index contributed by atoms with van der Waals surface area (Å²) in [5.74, 6) is 3.01. The van der Waals surface area contributed by atoms with Gasteiger partial charge in [-0.1, -0.05) is 29.8 Å². The molecular formula is C21H27NO3S. The van der Waals surface area contributed by atoms with E-state index in [0.717, 1.165) is 30.0 Å². The molecule has 2 rings (SSSR count). The number of anilines is 1. The standard InChI is InChI=1S/C21H27NO3S/c1-3-24-20-9-5-4-8-19(20)22-21(23)16-26-15-7-6-14-25-18-12-10-17(2)11-13-18/h4-5,8-13H,3,6-7,14-16H2,1-2H3,(H,22,23). The van der Waals surface area contributed by atoms with Crippen molar-refractivity contribution < 1.29 is 14.3 Å². The van der Waals surface area contributed by atoms with Crippen LogP contribution in [0.3, 0.4) is 0 Å². The van der Waals surface area contributed by atoms with Gasteiger partial charge in [0.05, 0.1) is 24.7 Å². The van der Waals surface area contributed by atoms with E-state index < -0.39 is 0 Å². The van der Waals surface area contributed by atoms with E-state index in [0.29, 0.717) is 24.7 Å². The predicted octanol–water partition coefficient (Wildman–Crippen LogP) is 4.92. The van der Waals surface area contributed by atoms with Gasteiger partial charge in [0.25, 0.3) is 0 Å². The van der Waals surface area contributed by atoms with Crippen molar-refractivity contribution in [2.45, 2.75) is 26.7 Å². The van der Waals surface area contributed by atoms with Gasteiger partial charge in [-0.25, -0.2) is 0 Å². The number of unbranched alkanes of at least 4 members (excludes halogenated alkanes) is 1. The highest BCUT2D eigenvalue weighted by Crippen LogP contribution is 2.23. The molecule has 0 fully saturated rings. The molecular weight excluding hydrogens is 346 g/mol. The summed E-state index contributed by atoms with van der Waals surface area (Å²) in [6, 6.07) is 15.6. The van der Waals surface area contributed by atoms with Gasteiger partial charge in [-0.3, -0.25) is 4.79 Å². The quantitative estimate of drug-likeness (QED) is 0.568. The number of carbonyl (C=O) groups excluding carboxylic acids is 1. The molecule has 0 aliphatic carbocycles. The van der Waals surface area contributed by atoms with E-state index in [4.69, 9.17) is 9.47 Å². The van der Waals surface area contributed by atoms with Crippen LogP contribution in [0, 0.1) is 6.92 Å². The molecule has 0 atom stereocenters. The van der Waals surface area contributed by atoms with Crippen LogP contribution in [0.25, 0.3) is 0 Å². The van der Waals surface area contributed by atoms with Crippen LogP contribution < -0.4 is 14.8 Å². The summed E-state index contributed by atoms with van der Waals surface area (Å²) in [6.07, 6.45) is 2.01. The van der Waals surface area contributed by atoms with Crippen molar-refractivity contribution >= 4 is 23.4 Å². The Kier molecular flexibility index (Phi) is 8.90. The van der Waals surface area contributed by atoms with E-state index >= 15 is 0 Å². The molecule has 5 heteroatoms. The molecule has 0 radical (unpaired) electrons. The minimum atomic E-state index is -0.00180. The largest absolute Gasteiger partial charge is 0.494 e. The summed E-state index contributed by atoms with van der Waals surface area (Å²) in [6.45, 7) is 5.27. The van der Waals surface area contributed by atoms with Gasteiger partial charge in [0.15, 0.2) is 0 Å². The summed E-state index contributed by atoms with van der Waals surface area (Å²) in [4.78, 5) is 12.1.